The van der Waals surface area contributed by atoms with Crippen LogP contribution in [0.5, 0.6) is 0 Å². The fourth-order valence-electron chi connectivity index (χ4n) is 2.73. The summed E-state index contributed by atoms with van der Waals surface area (Å²) in [6.45, 7) is 8.74. The molecular weight excluding hydrogens is 315 g/mol. The van der Waals surface area contributed by atoms with Gasteiger partial charge < -0.3 is 5.73 Å². The highest BCUT2D eigenvalue weighted by atomic mass is 35.5. The van der Waals surface area contributed by atoms with E-state index in [4.69, 9.17) is 28.9 Å². The van der Waals surface area contributed by atoms with Gasteiger partial charge in [-0.1, -0.05) is 43.1 Å². The van der Waals surface area contributed by atoms with Crippen LogP contribution in [0.2, 0.25) is 10.0 Å². The molecule has 2 atom stereocenters. The highest BCUT2D eigenvalue weighted by Gasteiger charge is 2.35. The minimum Gasteiger partial charge on any atom is -0.327 e. The van der Waals surface area contributed by atoms with Gasteiger partial charge in [-0.15, -0.1) is 12.4 Å². The minimum absolute atomic E-state index is 0. The average molecular weight is 338 g/mol. The van der Waals surface area contributed by atoms with Gasteiger partial charge in [-0.2, -0.15) is 0 Å². The Morgan fingerprint density at radius 2 is 1.95 bits per heavy atom. The zero-order chi connectivity index (χ0) is 14.2. The normalized spacial score (nSPS) is 24.0. The van der Waals surface area contributed by atoms with Crippen LogP contribution in [-0.2, 0) is 0 Å². The van der Waals surface area contributed by atoms with Crippen molar-refractivity contribution >= 4 is 35.6 Å². The molecule has 1 fully saturated rings. The maximum atomic E-state index is 6.19. The number of hydrogen-bond donors (Lipinski definition) is 1. The van der Waals surface area contributed by atoms with Gasteiger partial charge in [0, 0.05) is 25.2 Å². The number of nitrogens with zero attached hydrogens (tertiary/aromatic N) is 1. The Labute approximate surface area is 138 Å². The second-order valence-corrected chi connectivity index (χ2v) is 7.02. The van der Waals surface area contributed by atoms with Gasteiger partial charge in [-0.05, 0) is 36.5 Å². The van der Waals surface area contributed by atoms with Gasteiger partial charge >= 0.3 is 0 Å². The summed E-state index contributed by atoms with van der Waals surface area (Å²) in [5, 5.41) is 1.23. The van der Waals surface area contributed by atoms with Crippen molar-refractivity contribution in [3.63, 3.8) is 0 Å². The monoisotopic (exact) mass is 336 g/mol. The summed E-state index contributed by atoms with van der Waals surface area (Å²) in [5.41, 5.74) is 7.56. The third kappa shape index (κ3) is 3.80. The SMILES string of the molecule is CC(c1ccc(Cl)c(Cl)c1)N1CCC(N)C(C)(C)C1.Cl. The number of rotatable bonds is 2. The van der Waals surface area contributed by atoms with Crippen LogP contribution in [0, 0.1) is 5.41 Å². The molecule has 0 saturated carbocycles. The lowest BCUT2D eigenvalue weighted by atomic mass is 9.79. The maximum Gasteiger partial charge on any atom is 0.0595 e. The molecular formula is C15H23Cl3N2. The number of likely N-dealkylation sites (tertiary alicyclic amines) is 1. The fourth-order valence-corrected chi connectivity index (χ4v) is 3.04. The molecule has 2 nitrogen and oxygen atoms in total. The predicted molar refractivity (Wildman–Crippen MR) is 90.1 cm³/mol. The Hall–Kier alpha value is 0.01000. The van der Waals surface area contributed by atoms with Crippen LogP contribution in [0.1, 0.15) is 38.8 Å². The Balaban J connectivity index is 0.00000200. The highest BCUT2D eigenvalue weighted by Crippen LogP contribution is 2.34. The van der Waals surface area contributed by atoms with Gasteiger partial charge in [0.25, 0.3) is 0 Å². The molecule has 0 aromatic heterocycles. The summed E-state index contributed by atoms with van der Waals surface area (Å²) in [5.74, 6) is 0. The van der Waals surface area contributed by atoms with Gasteiger partial charge in [-0.3, -0.25) is 4.90 Å². The van der Waals surface area contributed by atoms with Crippen molar-refractivity contribution in [3.05, 3.63) is 33.8 Å². The summed E-state index contributed by atoms with van der Waals surface area (Å²) in [4.78, 5) is 2.48. The van der Waals surface area contributed by atoms with Gasteiger partial charge in [0.1, 0.15) is 0 Å². The first-order valence-electron chi connectivity index (χ1n) is 6.76. The van der Waals surface area contributed by atoms with Crippen molar-refractivity contribution in [2.24, 2.45) is 11.1 Å². The average Bonchev–Trinajstić information content (AvgIpc) is 2.35. The Morgan fingerprint density at radius 1 is 1.30 bits per heavy atom. The van der Waals surface area contributed by atoms with E-state index in [1.165, 1.54) is 5.56 Å². The molecule has 2 unspecified atom stereocenters. The number of hydrogen-bond acceptors (Lipinski definition) is 2. The Morgan fingerprint density at radius 3 is 2.50 bits per heavy atom. The molecule has 1 aliphatic heterocycles. The fraction of sp³-hybridized carbons (Fsp3) is 0.600. The van der Waals surface area contributed by atoms with E-state index in [1.54, 1.807) is 0 Å². The molecule has 5 heteroatoms. The zero-order valence-electron chi connectivity index (χ0n) is 12.2. The van der Waals surface area contributed by atoms with E-state index in [0.29, 0.717) is 16.1 Å². The van der Waals surface area contributed by atoms with Crippen molar-refractivity contribution in [3.8, 4) is 0 Å². The lowest BCUT2D eigenvalue weighted by molar-refractivity contribution is 0.0664. The lowest BCUT2D eigenvalue weighted by Gasteiger charge is -2.45. The van der Waals surface area contributed by atoms with Crippen LogP contribution >= 0.6 is 35.6 Å². The standard InChI is InChI=1S/C15H22Cl2N2.ClH/c1-10(11-4-5-12(16)13(17)8-11)19-7-6-14(18)15(2,3)9-19;/h4-5,8,10,14H,6-7,9,18H2,1-3H3;1H. The number of piperidine rings is 1. The van der Waals surface area contributed by atoms with Gasteiger partial charge in [-0.25, -0.2) is 0 Å². The third-order valence-electron chi connectivity index (χ3n) is 4.32. The molecule has 0 amide bonds. The van der Waals surface area contributed by atoms with Gasteiger partial charge in [0.15, 0.2) is 0 Å². The van der Waals surface area contributed by atoms with Gasteiger partial charge in [0.05, 0.1) is 10.0 Å². The summed E-state index contributed by atoms with van der Waals surface area (Å²) in [6, 6.07) is 6.51. The number of nitrogens with two attached hydrogens (primary N) is 1. The first kappa shape index (κ1) is 18.1. The smallest absolute Gasteiger partial charge is 0.0595 e. The third-order valence-corrected chi connectivity index (χ3v) is 5.05. The summed E-state index contributed by atoms with van der Waals surface area (Å²) >= 11 is 12.1. The molecule has 0 bridgehead atoms. The second kappa shape index (κ2) is 6.85. The van der Waals surface area contributed by atoms with Crippen LogP contribution in [0.25, 0.3) is 0 Å². The first-order valence-corrected chi connectivity index (χ1v) is 7.51. The van der Waals surface area contributed by atoms with E-state index in [1.807, 2.05) is 12.1 Å². The predicted octanol–water partition coefficient (Wildman–Crippen LogP) is 4.54. The molecule has 2 rings (SSSR count). The second-order valence-electron chi connectivity index (χ2n) is 6.20. The Bertz CT molecular complexity index is 462. The molecule has 1 heterocycles. The molecule has 1 aliphatic rings. The maximum absolute atomic E-state index is 6.19. The highest BCUT2D eigenvalue weighted by molar-refractivity contribution is 6.42. The lowest BCUT2D eigenvalue weighted by Crippen LogP contribution is -2.52. The number of halogens is 3. The van der Waals surface area contributed by atoms with Crippen LogP contribution in [0.3, 0.4) is 0 Å². The van der Waals surface area contributed by atoms with Crippen LogP contribution in [-0.4, -0.2) is 24.0 Å². The molecule has 0 radical (unpaired) electrons. The van der Waals surface area contributed by atoms with E-state index in [9.17, 15) is 0 Å². The van der Waals surface area contributed by atoms with Crippen molar-refractivity contribution in [2.75, 3.05) is 13.1 Å². The molecule has 1 aromatic rings. The number of benzene rings is 1. The quantitative estimate of drug-likeness (QED) is 0.858. The molecule has 1 saturated heterocycles. The van der Waals surface area contributed by atoms with E-state index in [2.05, 4.69) is 31.7 Å². The van der Waals surface area contributed by atoms with E-state index < -0.39 is 0 Å². The largest absolute Gasteiger partial charge is 0.327 e. The summed E-state index contributed by atoms with van der Waals surface area (Å²) < 4.78 is 0. The van der Waals surface area contributed by atoms with Crippen molar-refractivity contribution < 1.29 is 0 Å². The summed E-state index contributed by atoms with van der Waals surface area (Å²) in [6.07, 6.45) is 1.04. The molecule has 114 valence electrons. The van der Waals surface area contributed by atoms with Crippen LogP contribution < -0.4 is 5.73 Å². The molecule has 20 heavy (non-hydrogen) atoms. The van der Waals surface area contributed by atoms with E-state index in [0.717, 1.165) is 19.5 Å². The van der Waals surface area contributed by atoms with E-state index in [-0.39, 0.29) is 23.9 Å². The summed E-state index contributed by atoms with van der Waals surface area (Å²) in [7, 11) is 0. The topological polar surface area (TPSA) is 29.3 Å². The van der Waals surface area contributed by atoms with Crippen LogP contribution in [0.4, 0.5) is 0 Å². The Kier molecular flexibility index (Phi) is 6.18. The van der Waals surface area contributed by atoms with Crippen LogP contribution in [0.15, 0.2) is 18.2 Å². The van der Waals surface area contributed by atoms with Gasteiger partial charge in [0.2, 0.25) is 0 Å². The first-order chi connectivity index (χ1) is 8.81. The minimum atomic E-state index is 0. The molecule has 2 N–H and O–H groups in total. The molecule has 0 aliphatic carbocycles. The van der Waals surface area contributed by atoms with E-state index >= 15 is 0 Å². The van der Waals surface area contributed by atoms with Crippen molar-refractivity contribution in [2.45, 2.75) is 39.3 Å². The zero-order valence-corrected chi connectivity index (χ0v) is 14.5. The van der Waals surface area contributed by atoms with Crippen molar-refractivity contribution in [1.82, 2.24) is 4.90 Å². The van der Waals surface area contributed by atoms with Crippen molar-refractivity contribution in [1.29, 1.82) is 0 Å². The molecule has 0 spiro atoms. The molecule has 1 aromatic carbocycles.